The van der Waals surface area contributed by atoms with Gasteiger partial charge in [0.05, 0.1) is 12.7 Å². The van der Waals surface area contributed by atoms with Gasteiger partial charge in [0, 0.05) is 37.3 Å². The van der Waals surface area contributed by atoms with Gasteiger partial charge >= 0.3 is 0 Å². The SMILES string of the molecule is COCCN(CCBr)c1nc(C)cc(OC(C)C)n1. The van der Waals surface area contributed by atoms with E-state index >= 15 is 0 Å². The minimum Gasteiger partial charge on any atom is -0.475 e. The summed E-state index contributed by atoms with van der Waals surface area (Å²) in [6, 6.07) is 1.85. The smallest absolute Gasteiger partial charge is 0.228 e. The van der Waals surface area contributed by atoms with Gasteiger partial charge in [0.25, 0.3) is 0 Å². The second kappa shape index (κ2) is 8.32. The first-order chi connectivity index (χ1) is 9.06. The van der Waals surface area contributed by atoms with E-state index in [1.165, 1.54) is 0 Å². The first-order valence-electron chi connectivity index (χ1n) is 6.39. The Labute approximate surface area is 123 Å². The Balaban J connectivity index is 2.90. The zero-order chi connectivity index (χ0) is 14.3. The number of ether oxygens (including phenoxy) is 2. The molecule has 0 saturated carbocycles. The van der Waals surface area contributed by atoms with Crippen LogP contribution in [-0.4, -0.2) is 48.2 Å². The van der Waals surface area contributed by atoms with Gasteiger partial charge in [-0.25, -0.2) is 4.98 Å². The molecule has 0 bridgehead atoms. The van der Waals surface area contributed by atoms with Crippen molar-refractivity contribution < 1.29 is 9.47 Å². The molecule has 0 aliphatic rings. The Bertz CT molecular complexity index is 388. The van der Waals surface area contributed by atoms with E-state index in [1.54, 1.807) is 7.11 Å². The number of hydrogen-bond donors (Lipinski definition) is 0. The first kappa shape index (κ1) is 16.2. The molecule has 6 heteroatoms. The van der Waals surface area contributed by atoms with Crippen LogP contribution in [0, 0.1) is 6.92 Å². The van der Waals surface area contributed by atoms with Crippen molar-refractivity contribution >= 4 is 21.9 Å². The second-order valence-electron chi connectivity index (χ2n) is 4.48. The molecule has 1 rings (SSSR count). The highest BCUT2D eigenvalue weighted by Gasteiger charge is 2.12. The third kappa shape index (κ3) is 5.74. The van der Waals surface area contributed by atoms with Gasteiger partial charge in [0.15, 0.2) is 0 Å². The maximum Gasteiger partial charge on any atom is 0.228 e. The summed E-state index contributed by atoms with van der Waals surface area (Å²) in [6.07, 6.45) is 0.103. The Morgan fingerprint density at radius 3 is 2.63 bits per heavy atom. The van der Waals surface area contributed by atoms with Crippen LogP contribution in [0.25, 0.3) is 0 Å². The molecule has 0 radical (unpaired) electrons. The van der Waals surface area contributed by atoms with Crippen LogP contribution in [0.15, 0.2) is 6.07 Å². The van der Waals surface area contributed by atoms with Crippen LogP contribution in [0.5, 0.6) is 5.88 Å². The van der Waals surface area contributed by atoms with Gasteiger partial charge in [0.2, 0.25) is 11.8 Å². The zero-order valence-corrected chi connectivity index (χ0v) is 13.6. The predicted octanol–water partition coefficient (Wildman–Crippen LogP) is 2.42. The highest BCUT2D eigenvalue weighted by atomic mass is 79.9. The third-order valence-electron chi connectivity index (χ3n) is 2.38. The van der Waals surface area contributed by atoms with Crippen molar-refractivity contribution in [1.82, 2.24) is 9.97 Å². The van der Waals surface area contributed by atoms with Crippen LogP contribution in [0.3, 0.4) is 0 Å². The molecule has 0 fully saturated rings. The van der Waals surface area contributed by atoms with E-state index < -0.39 is 0 Å². The van der Waals surface area contributed by atoms with Crippen molar-refractivity contribution in [3.05, 3.63) is 11.8 Å². The normalized spacial score (nSPS) is 10.8. The van der Waals surface area contributed by atoms with Crippen LogP contribution >= 0.6 is 15.9 Å². The molecule has 0 aliphatic carbocycles. The number of rotatable bonds is 8. The Hall–Kier alpha value is -0.880. The summed E-state index contributed by atoms with van der Waals surface area (Å²) in [4.78, 5) is 11.0. The molecular formula is C13H22BrN3O2. The molecule has 0 saturated heterocycles. The zero-order valence-electron chi connectivity index (χ0n) is 12.0. The van der Waals surface area contributed by atoms with Crippen molar-refractivity contribution in [2.75, 3.05) is 37.0 Å². The Kier molecular flexibility index (Phi) is 7.09. The van der Waals surface area contributed by atoms with Gasteiger partial charge < -0.3 is 14.4 Å². The predicted molar refractivity (Wildman–Crippen MR) is 80.4 cm³/mol. The summed E-state index contributed by atoms with van der Waals surface area (Å²) in [5.74, 6) is 1.31. The van der Waals surface area contributed by atoms with E-state index in [9.17, 15) is 0 Å². The molecule has 0 unspecified atom stereocenters. The fourth-order valence-electron chi connectivity index (χ4n) is 1.58. The highest BCUT2D eigenvalue weighted by Crippen LogP contribution is 2.16. The number of halogens is 1. The maximum atomic E-state index is 5.65. The van der Waals surface area contributed by atoms with Crippen LogP contribution in [0.4, 0.5) is 5.95 Å². The first-order valence-corrected chi connectivity index (χ1v) is 7.51. The lowest BCUT2D eigenvalue weighted by Gasteiger charge is -2.22. The molecule has 5 nitrogen and oxygen atoms in total. The minimum atomic E-state index is 0.103. The second-order valence-corrected chi connectivity index (χ2v) is 5.28. The highest BCUT2D eigenvalue weighted by molar-refractivity contribution is 9.09. The van der Waals surface area contributed by atoms with E-state index in [0.29, 0.717) is 18.4 Å². The fraction of sp³-hybridized carbons (Fsp3) is 0.692. The summed E-state index contributed by atoms with van der Waals surface area (Å²) in [5.41, 5.74) is 0.901. The van der Waals surface area contributed by atoms with Gasteiger partial charge in [-0.05, 0) is 20.8 Å². The van der Waals surface area contributed by atoms with Crippen LogP contribution in [-0.2, 0) is 4.74 Å². The number of aromatic nitrogens is 2. The number of nitrogens with zero attached hydrogens (tertiary/aromatic N) is 3. The Morgan fingerprint density at radius 1 is 1.32 bits per heavy atom. The lowest BCUT2D eigenvalue weighted by atomic mass is 10.4. The average molecular weight is 332 g/mol. The van der Waals surface area contributed by atoms with Crippen molar-refractivity contribution in [2.45, 2.75) is 26.9 Å². The molecule has 0 amide bonds. The molecule has 1 aromatic rings. The summed E-state index contributed by atoms with van der Waals surface area (Å²) in [5, 5.41) is 0.856. The average Bonchev–Trinajstić information content (AvgIpc) is 2.32. The third-order valence-corrected chi connectivity index (χ3v) is 2.73. The van der Waals surface area contributed by atoms with Gasteiger partial charge in [-0.1, -0.05) is 15.9 Å². The number of alkyl halides is 1. The molecule has 108 valence electrons. The van der Waals surface area contributed by atoms with E-state index in [2.05, 4.69) is 30.8 Å². The van der Waals surface area contributed by atoms with Crippen LogP contribution in [0.2, 0.25) is 0 Å². The Morgan fingerprint density at radius 2 is 2.05 bits per heavy atom. The quantitative estimate of drug-likeness (QED) is 0.684. The summed E-state index contributed by atoms with van der Waals surface area (Å²) in [7, 11) is 1.69. The van der Waals surface area contributed by atoms with Crippen molar-refractivity contribution in [3.8, 4) is 5.88 Å². The van der Waals surface area contributed by atoms with Crippen molar-refractivity contribution in [2.24, 2.45) is 0 Å². The van der Waals surface area contributed by atoms with E-state index in [4.69, 9.17) is 9.47 Å². The summed E-state index contributed by atoms with van der Waals surface area (Å²) < 4.78 is 10.8. The van der Waals surface area contributed by atoms with Crippen molar-refractivity contribution in [1.29, 1.82) is 0 Å². The largest absolute Gasteiger partial charge is 0.475 e. The van der Waals surface area contributed by atoms with Crippen LogP contribution < -0.4 is 9.64 Å². The fourth-order valence-corrected chi connectivity index (χ4v) is 2.01. The van der Waals surface area contributed by atoms with Crippen molar-refractivity contribution in [3.63, 3.8) is 0 Å². The standard InChI is InChI=1S/C13H22BrN3O2/c1-10(2)19-12-9-11(3)15-13(16-12)17(6-5-14)7-8-18-4/h9-10H,5-8H2,1-4H3. The van der Waals surface area contributed by atoms with E-state index in [0.717, 1.165) is 24.1 Å². The molecular weight excluding hydrogens is 310 g/mol. The maximum absolute atomic E-state index is 5.65. The van der Waals surface area contributed by atoms with Gasteiger partial charge in [-0.15, -0.1) is 0 Å². The molecule has 0 aromatic carbocycles. The topological polar surface area (TPSA) is 47.5 Å². The number of anilines is 1. The van der Waals surface area contributed by atoms with Gasteiger partial charge in [0.1, 0.15) is 0 Å². The number of aryl methyl sites for hydroxylation is 1. The molecule has 19 heavy (non-hydrogen) atoms. The summed E-state index contributed by atoms with van der Waals surface area (Å²) in [6.45, 7) is 8.14. The molecule has 0 N–H and O–H groups in total. The number of methoxy groups -OCH3 is 1. The summed E-state index contributed by atoms with van der Waals surface area (Å²) >= 11 is 3.45. The van der Waals surface area contributed by atoms with Gasteiger partial charge in [-0.3, -0.25) is 0 Å². The van der Waals surface area contributed by atoms with Crippen LogP contribution in [0.1, 0.15) is 19.5 Å². The molecule has 1 aromatic heterocycles. The minimum absolute atomic E-state index is 0.103. The molecule has 0 spiro atoms. The molecule has 0 aliphatic heterocycles. The lowest BCUT2D eigenvalue weighted by molar-refractivity contribution is 0.205. The van der Waals surface area contributed by atoms with Gasteiger partial charge in [-0.2, -0.15) is 4.98 Å². The molecule has 1 heterocycles. The van der Waals surface area contributed by atoms with E-state index in [1.807, 2.05) is 26.8 Å². The molecule has 0 atom stereocenters. The lowest BCUT2D eigenvalue weighted by Crippen LogP contribution is -2.31. The van der Waals surface area contributed by atoms with E-state index in [-0.39, 0.29) is 6.10 Å². The monoisotopic (exact) mass is 331 g/mol. The number of hydrogen-bond acceptors (Lipinski definition) is 5.